The number of ketones is 1. The average molecular weight is 382 g/mol. The molecule has 28 heavy (non-hydrogen) atoms. The molecule has 1 heterocycles. The predicted octanol–water partition coefficient (Wildman–Crippen LogP) is 2.43. The number of rotatable bonds is 8. The van der Waals surface area contributed by atoms with Crippen molar-refractivity contribution in [1.82, 2.24) is 4.98 Å². The fourth-order valence-electron chi connectivity index (χ4n) is 2.30. The second-order valence-corrected chi connectivity index (χ2v) is 5.72. The Labute approximate surface area is 158 Å². The lowest BCUT2D eigenvalue weighted by molar-refractivity contribution is -0.385. The normalized spacial score (nSPS) is 11.1. The minimum atomic E-state index is -1.11. The van der Waals surface area contributed by atoms with Crippen LogP contribution in [0.2, 0.25) is 0 Å². The molecule has 0 fully saturated rings. The Bertz CT molecular complexity index is 948. The third kappa shape index (κ3) is 5.18. The number of aromatic carboxylic acids is 1. The maximum atomic E-state index is 12.4. The molecule has 2 N–H and O–H groups in total. The van der Waals surface area contributed by atoms with E-state index in [0.717, 1.165) is 12.3 Å². The van der Waals surface area contributed by atoms with Crippen LogP contribution in [0, 0.1) is 27.4 Å². The molecule has 0 aliphatic carbocycles. The van der Waals surface area contributed by atoms with E-state index in [4.69, 9.17) is 10.4 Å². The summed E-state index contributed by atoms with van der Waals surface area (Å²) in [5.74, 6) is -3.19. The number of anilines is 1. The Balaban J connectivity index is 2.07. The standard InChI is InChI=1S/C18H14N4O6/c19-8-7-12(9-16(23)15-6-5-14(10-20-15)22(27)28)17(24)21-13-3-1-11(2-4-13)18(25)26/h1-6,10,12H,7,9H2,(H,21,24)(H,25,26)/t12-/m1/s1. The molecular formula is C18H14N4O6. The van der Waals surface area contributed by atoms with E-state index in [9.17, 15) is 24.5 Å². The van der Waals surface area contributed by atoms with Crippen LogP contribution in [0.5, 0.6) is 0 Å². The van der Waals surface area contributed by atoms with Crippen LogP contribution in [0.4, 0.5) is 11.4 Å². The number of hydrogen-bond acceptors (Lipinski definition) is 7. The van der Waals surface area contributed by atoms with Gasteiger partial charge in [-0.2, -0.15) is 5.26 Å². The zero-order valence-electron chi connectivity index (χ0n) is 14.4. The third-order valence-corrected chi connectivity index (χ3v) is 3.78. The molecule has 0 saturated heterocycles. The molecule has 1 aromatic carbocycles. The molecule has 0 bridgehead atoms. The van der Waals surface area contributed by atoms with Crippen LogP contribution < -0.4 is 5.32 Å². The van der Waals surface area contributed by atoms with Gasteiger partial charge in [0.2, 0.25) is 5.91 Å². The second-order valence-electron chi connectivity index (χ2n) is 5.72. The van der Waals surface area contributed by atoms with E-state index >= 15 is 0 Å². The highest BCUT2D eigenvalue weighted by Crippen LogP contribution is 2.18. The molecule has 0 aliphatic heterocycles. The molecule has 0 aliphatic rings. The van der Waals surface area contributed by atoms with Gasteiger partial charge in [-0.15, -0.1) is 0 Å². The van der Waals surface area contributed by atoms with E-state index in [1.54, 1.807) is 0 Å². The van der Waals surface area contributed by atoms with Gasteiger partial charge in [0.05, 0.1) is 22.5 Å². The number of aromatic nitrogens is 1. The van der Waals surface area contributed by atoms with E-state index in [0.29, 0.717) is 5.69 Å². The smallest absolute Gasteiger partial charge is 0.335 e. The molecule has 10 heteroatoms. The molecule has 2 aromatic rings. The zero-order valence-corrected chi connectivity index (χ0v) is 14.4. The number of hydrogen-bond donors (Lipinski definition) is 2. The number of amides is 1. The second kappa shape index (κ2) is 9.00. The molecule has 1 aromatic heterocycles. The summed E-state index contributed by atoms with van der Waals surface area (Å²) >= 11 is 0. The van der Waals surface area contributed by atoms with Crippen molar-refractivity contribution in [2.24, 2.45) is 5.92 Å². The molecule has 0 unspecified atom stereocenters. The summed E-state index contributed by atoms with van der Waals surface area (Å²) in [6, 6.07) is 9.56. The van der Waals surface area contributed by atoms with Crippen molar-refractivity contribution in [1.29, 1.82) is 5.26 Å². The van der Waals surface area contributed by atoms with Crippen LogP contribution in [0.15, 0.2) is 42.6 Å². The molecule has 1 atom stereocenters. The summed E-state index contributed by atoms with van der Waals surface area (Å²) in [4.78, 5) is 49.2. The number of Topliss-reactive ketones (excluding diaryl/α,β-unsaturated/α-hetero) is 1. The van der Waals surface area contributed by atoms with Gasteiger partial charge < -0.3 is 10.4 Å². The average Bonchev–Trinajstić information content (AvgIpc) is 2.68. The lowest BCUT2D eigenvalue weighted by atomic mass is 9.96. The number of nitrogens with zero attached hydrogens (tertiary/aromatic N) is 3. The zero-order chi connectivity index (χ0) is 20.7. The Kier molecular flexibility index (Phi) is 6.49. The number of nitriles is 1. The van der Waals surface area contributed by atoms with Gasteiger partial charge in [-0.25, -0.2) is 9.78 Å². The van der Waals surface area contributed by atoms with E-state index in [1.807, 2.05) is 6.07 Å². The van der Waals surface area contributed by atoms with Crippen LogP contribution in [-0.2, 0) is 4.79 Å². The summed E-state index contributed by atoms with van der Waals surface area (Å²) in [6.45, 7) is 0. The predicted molar refractivity (Wildman–Crippen MR) is 95.6 cm³/mol. The highest BCUT2D eigenvalue weighted by molar-refractivity contribution is 6.00. The first-order chi connectivity index (χ1) is 13.3. The fourth-order valence-corrected chi connectivity index (χ4v) is 2.30. The van der Waals surface area contributed by atoms with Crippen molar-refractivity contribution in [3.05, 3.63) is 64.0 Å². The van der Waals surface area contributed by atoms with Crippen LogP contribution in [0.3, 0.4) is 0 Å². The van der Waals surface area contributed by atoms with Gasteiger partial charge in [-0.05, 0) is 30.3 Å². The molecule has 0 saturated carbocycles. The van der Waals surface area contributed by atoms with Gasteiger partial charge in [0.25, 0.3) is 5.69 Å². The van der Waals surface area contributed by atoms with Gasteiger partial charge in [0, 0.05) is 24.6 Å². The van der Waals surface area contributed by atoms with Crippen molar-refractivity contribution < 1.29 is 24.4 Å². The van der Waals surface area contributed by atoms with Crippen molar-refractivity contribution in [2.75, 3.05) is 5.32 Å². The fraction of sp³-hybridized carbons (Fsp3) is 0.167. The van der Waals surface area contributed by atoms with Crippen molar-refractivity contribution in [3.8, 4) is 6.07 Å². The largest absolute Gasteiger partial charge is 0.478 e. The molecule has 0 spiro atoms. The molecule has 10 nitrogen and oxygen atoms in total. The van der Waals surface area contributed by atoms with Crippen LogP contribution >= 0.6 is 0 Å². The van der Waals surface area contributed by atoms with Crippen molar-refractivity contribution in [2.45, 2.75) is 12.8 Å². The minimum Gasteiger partial charge on any atom is -0.478 e. The highest BCUT2D eigenvalue weighted by Gasteiger charge is 2.24. The van der Waals surface area contributed by atoms with Crippen molar-refractivity contribution in [3.63, 3.8) is 0 Å². The molecule has 142 valence electrons. The molecular weight excluding hydrogens is 368 g/mol. The first-order valence-electron chi connectivity index (χ1n) is 7.96. The Morgan fingerprint density at radius 3 is 2.39 bits per heavy atom. The Morgan fingerprint density at radius 1 is 1.21 bits per heavy atom. The maximum absolute atomic E-state index is 12.4. The minimum absolute atomic E-state index is 0.0472. The lowest BCUT2D eigenvalue weighted by Crippen LogP contribution is -2.25. The number of carbonyl (C=O) groups is 3. The summed E-state index contributed by atoms with van der Waals surface area (Å²) in [5, 5.41) is 31.0. The Morgan fingerprint density at radius 2 is 1.89 bits per heavy atom. The summed E-state index contributed by atoms with van der Waals surface area (Å²) in [5.41, 5.74) is 0.0460. The van der Waals surface area contributed by atoms with Gasteiger partial charge >= 0.3 is 5.97 Å². The summed E-state index contributed by atoms with van der Waals surface area (Å²) in [7, 11) is 0. The number of carboxylic acid groups (broad SMARTS) is 1. The molecule has 1 amide bonds. The van der Waals surface area contributed by atoms with Gasteiger partial charge in [-0.1, -0.05) is 0 Å². The number of benzene rings is 1. The number of nitro groups is 1. The summed E-state index contributed by atoms with van der Waals surface area (Å²) < 4.78 is 0. The monoisotopic (exact) mass is 382 g/mol. The van der Waals surface area contributed by atoms with Gasteiger partial charge in [0.1, 0.15) is 11.9 Å². The molecule has 0 radical (unpaired) electrons. The number of pyridine rings is 1. The van der Waals surface area contributed by atoms with Gasteiger partial charge in [0.15, 0.2) is 5.78 Å². The first kappa shape index (κ1) is 20.2. The third-order valence-electron chi connectivity index (χ3n) is 3.78. The molecule has 2 rings (SSSR count). The lowest BCUT2D eigenvalue weighted by Gasteiger charge is -2.13. The van der Waals surface area contributed by atoms with Crippen LogP contribution in [0.25, 0.3) is 0 Å². The number of nitrogens with one attached hydrogen (secondary N) is 1. The van der Waals surface area contributed by atoms with E-state index in [-0.39, 0.29) is 29.8 Å². The first-order valence-corrected chi connectivity index (χ1v) is 7.96. The Hall–Kier alpha value is -4.13. The highest BCUT2D eigenvalue weighted by atomic mass is 16.6. The van der Waals surface area contributed by atoms with E-state index in [1.165, 1.54) is 30.3 Å². The van der Waals surface area contributed by atoms with Crippen molar-refractivity contribution >= 4 is 29.0 Å². The van der Waals surface area contributed by atoms with Gasteiger partial charge in [-0.3, -0.25) is 19.7 Å². The van der Waals surface area contributed by atoms with E-state index in [2.05, 4.69) is 10.3 Å². The summed E-state index contributed by atoms with van der Waals surface area (Å²) in [6.07, 6.45) is 0.409. The number of carbonyl (C=O) groups excluding carboxylic acids is 2. The van der Waals surface area contributed by atoms with Crippen LogP contribution in [0.1, 0.15) is 33.7 Å². The maximum Gasteiger partial charge on any atom is 0.335 e. The quantitative estimate of drug-likeness (QED) is 0.399. The number of carboxylic acids is 1. The van der Waals surface area contributed by atoms with E-state index < -0.39 is 28.5 Å². The SMILES string of the molecule is N#CC[C@H](CC(=O)c1ccc([N+](=O)[O-])cn1)C(=O)Nc1ccc(C(=O)O)cc1. The topological polar surface area (TPSA) is 163 Å². The van der Waals surface area contributed by atoms with Crippen LogP contribution in [-0.4, -0.2) is 32.7 Å².